The van der Waals surface area contributed by atoms with E-state index in [0.717, 1.165) is 0 Å². The molecule has 0 fully saturated rings. The van der Waals surface area contributed by atoms with Gasteiger partial charge in [-0.25, -0.2) is 14.5 Å². The molecule has 5 aromatic rings. The highest BCUT2D eigenvalue weighted by atomic mass is 16.3. The molecule has 2 heterocycles. The molecule has 1 amide bonds. The van der Waals surface area contributed by atoms with Crippen molar-refractivity contribution in [1.29, 1.82) is 0 Å². The molecule has 180 valence electrons. The topological polar surface area (TPSA) is 129 Å². The van der Waals surface area contributed by atoms with Crippen LogP contribution in [0.2, 0.25) is 0 Å². The number of carbonyl (C=O) groups is 1. The van der Waals surface area contributed by atoms with Gasteiger partial charge in [-0.15, -0.1) is 10.2 Å². The van der Waals surface area contributed by atoms with Gasteiger partial charge in [0.2, 0.25) is 0 Å². The van der Waals surface area contributed by atoms with Crippen LogP contribution < -0.4 is 5.32 Å². The van der Waals surface area contributed by atoms with E-state index in [2.05, 4.69) is 30.5 Å². The molecule has 5 rings (SSSR count). The lowest BCUT2D eigenvalue weighted by atomic mass is 10.0. The first kappa shape index (κ1) is 23.3. The summed E-state index contributed by atoms with van der Waals surface area (Å²) in [7, 11) is 0. The number of para-hydroxylation sites is 1. The zero-order chi connectivity index (χ0) is 25.8. The van der Waals surface area contributed by atoms with E-state index in [4.69, 9.17) is 6.57 Å². The summed E-state index contributed by atoms with van der Waals surface area (Å²) in [6.45, 7) is 7.28. The van der Waals surface area contributed by atoms with Gasteiger partial charge in [-0.05, 0) is 47.3 Å². The number of azo groups is 1. The number of hydrogen-bond donors (Lipinski definition) is 3. The van der Waals surface area contributed by atoms with E-state index in [1.54, 1.807) is 66.9 Å². The van der Waals surface area contributed by atoms with E-state index in [-0.39, 0.29) is 35.1 Å². The molecule has 0 aliphatic heterocycles. The fraction of sp³-hybridized carbons (Fsp3) is 0.0370. The van der Waals surface area contributed by atoms with Crippen molar-refractivity contribution in [1.82, 2.24) is 14.8 Å². The molecule has 0 saturated heterocycles. The zero-order valence-corrected chi connectivity index (χ0v) is 19.3. The van der Waals surface area contributed by atoms with Gasteiger partial charge in [0, 0.05) is 17.3 Å². The van der Waals surface area contributed by atoms with Crippen LogP contribution in [0.25, 0.3) is 21.4 Å². The lowest BCUT2D eigenvalue weighted by molar-refractivity contribution is 0.102. The summed E-state index contributed by atoms with van der Waals surface area (Å²) in [6.07, 6.45) is 2.94. The standard InChI is InChI=1S/C27H19N7O3/c1-28-22-15-30-34(23-9-5-6-12-29-23)26(22)33-32-24-20-11-10-17(16-35)13-18(20)14-21(25(24)36)27(37)31-19-7-3-2-4-8-19/h2-15,35-36H,16H2,(H,31,37)/b33-32+. The third-order valence-corrected chi connectivity index (χ3v) is 5.57. The summed E-state index contributed by atoms with van der Waals surface area (Å²) in [5, 5.41) is 37.3. The van der Waals surface area contributed by atoms with Gasteiger partial charge in [-0.3, -0.25) is 4.79 Å². The molecule has 0 aliphatic rings. The van der Waals surface area contributed by atoms with Crippen molar-refractivity contribution in [2.45, 2.75) is 6.61 Å². The maximum atomic E-state index is 13.1. The largest absolute Gasteiger partial charge is 0.505 e. The Hall–Kier alpha value is -5.40. The van der Waals surface area contributed by atoms with Crippen LogP contribution >= 0.6 is 0 Å². The van der Waals surface area contributed by atoms with Gasteiger partial charge in [0.25, 0.3) is 11.6 Å². The number of hydrogen-bond acceptors (Lipinski definition) is 7. The third-order valence-electron chi connectivity index (χ3n) is 5.57. The maximum absolute atomic E-state index is 13.1. The average Bonchev–Trinajstić information content (AvgIpc) is 3.36. The lowest BCUT2D eigenvalue weighted by Crippen LogP contribution is -2.12. The van der Waals surface area contributed by atoms with Crippen LogP contribution in [0.5, 0.6) is 5.75 Å². The second-order valence-electron chi connectivity index (χ2n) is 7.92. The Kier molecular flexibility index (Phi) is 6.35. The Morgan fingerprint density at radius 1 is 1.05 bits per heavy atom. The quantitative estimate of drug-likeness (QED) is 0.204. The number of nitrogens with one attached hydrogen (secondary N) is 1. The van der Waals surface area contributed by atoms with E-state index >= 15 is 0 Å². The number of amides is 1. The highest BCUT2D eigenvalue weighted by Crippen LogP contribution is 2.41. The molecule has 2 aromatic heterocycles. The van der Waals surface area contributed by atoms with Crippen molar-refractivity contribution in [3.63, 3.8) is 0 Å². The Balaban J connectivity index is 1.64. The van der Waals surface area contributed by atoms with Crippen LogP contribution in [-0.4, -0.2) is 30.9 Å². The predicted molar refractivity (Wildman–Crippen MR) is 138 cm³/mol. The fourth-order valence-corrected chi connectivity index (χ4v) is 3.77. The molecule has 0 aliphatic carbocycles. The van der Waals surface area contributed by atoms with Gasteiger partial charge in [-0.2, -0.15) is 5.10 Å². The minimum Gasteiger partial charge on any atom is -0.505 e. The summed E-state index contributed by atoms with van der Waals surface area (Å²) in [5.74, 6) is -0.372. The van der Waals surface area contributed by atoms with Crippen molar-refractivity contribution in [2.24, 2.45) is 10.2 Å². The molecule has 0 saturated carbocycles. The molecular formula is C27H19N7O3. The van der Waals surface area contributed by atoms with E-state index in [9.17, 15) is 15.0 Å². The molecule has 0 spiro atoms. The molecule has 0 radical (unpaired) electrons. The summed E-state index contributed by atoms with van der Waals surface area (Å²) in [6, 6.07) is 20.7. The molecule has 3 aromatic carbocycles. The number of nitrogens with zero attached hydrogens (tertiary/aromatic N) is 6. The second-order valence-corrected chi connectivity index (χ2v) is 7.92. The molecule has 10 heteroatoms. The lowest BCUT2D eigenvalue weighted by Gasteiger charge is -2.12. The number of carbonyl (C=O) groups excluding carboxylic acids is 1. The Bertz CT molecular complexity index is 1670. The minimum absolute atomic E-state index is 0.0240. The van der Waals surface area contributed by atoms with Gasteiger partial charge in [0.15, 0.2) is 17.4 Å². The smallest absolute Gasteiger partial charge is 0.259 e. The Labute approximate surface area is 211 Å². The fourth-order valence-electron chi connectivity index (χ4n) is 3.77. The summed E-state index contributed by atoms with van der Waals surface area (Å²) in [5.41, 5.74) is 1.33. The number of pyridine rings is 1. The first-order valence-electron chi connectivity index (χ1n) is 11.1. The number of aliphatic hydroxyl groups excluding tert-OH is 1. The average molecular weight is 489 g/mol. The van der Waals surface area contributed by atoms with Gasteiger partial charge in [-0.1, -0.05) is 36.4 Å². The number of anilines is 1. The minimum atomic E-state index is -0.545. The zero-order valence-electron chi connectivity index (χ0n) is 19.3. The molecule has 0 atom stereocenters. The number of phenols is 1. The summed E-state index contributed by atoms with van der Waals surface area (Å²) >= 11 is 0. The van der Waals surface area contributed by atoms with Crippen LogP contribution in [0, 0.1) is 6.57 Å². The molecular weight excluding hydrogens is 470 g/mol. The highest BCUT2D eigenvalue weighted by molar-refractivity contribution is 6.11. The van der Waals surface area contributed by atoms with Crippen molar-refractivity contribution in [2.75, 3.05) is 5.32 Å². The van der Waals surface area contributed by atoms with E-state index in [1.165, 1.54) is 16.9 Å². The number of fused-ring (bicyclic) bond motifs is 1. The van der Waals surface area contributed by atoms with Crippen molar-refractivity contribution in [3.05, 3.63) is 108 Å². The first-order chi connectivity index (χ1) is 18.1. The normalized spacial score (nSPS) is 11.0. The van der Waals surface area contributed by atoms with E-state index in [0.29, 0.717) is 27.8 Å². The van der Waals surface area contributed by atoms with E-state index in [1.807, 2.05) is 6.07 Å². The van der Waals surface area contributed by atoms with Gasteiger partial charge in [0.1, 0.15) is 5.69 Å². The van der Waals surface area contributed by atoms with Crippen LogP contribution in [-0.2, 0) is 6.61 Å². The number of rotatable bonds is 6. The van der Waals surface area contributed by atoms with Crippen molar-refractivity contribution >= 4 is 39.6 Å². The number of aromatic nitrogens is 3. The van der Waals surface area contributed by atoms with Crippen LogP contribution in [0.4, 0.5) is 22.9 Å². The molecule has 0 bridgehead atoms. The van der Waals surface area contributed by atoms with Gasteiger partial charge < -0.3 is 15.5 Å². The van der Waals surface area contributed by atoms with Gasteiger partial charge in [0.05, 0.1) is 24.9 Å². The second kappa shape index (κ2) is 10.1. The third kappa shape index (κ3) is 4.62. The van der Waals surface area contributed by atoms with Crippen LogP contribution in [0.3, 0.4) is 0 Å². The maximum Gasteiger partial charge on any atom is 0.259 e. The van der Waals surface area contributed by atoms with Crippen LogP contribution in [0.15, 0.2) is 95.4 Å². The molecule has 10 nitrogen and oxygen atoms in total. The number of aromatic hydroxyl groups is 1. The van der Waals surface area contributed by atoms with E-state index < -0.39 is 5.91 Å². The summed E-state index contributed by atoms with van der Waals surface area (Å²) < 4.78 is 1.37. The van der Waals surface area contributed by atoms with Crippen molar-refractivity contribution < 1.29 is 15.0 Å². The van der Waals surface area contributed by atoms with Crippen LogP contribution in [0.1, 0.15) is 15.9 Å². The van der Waals surface area contributed by atoms with Gasteiger partial charge >= 0.3 is 0 Å². The molecule has 0 unspecified atom stereocenters. The molecule has 3 N–H and O–H groups in total. The summed E-state index contributed by atoms with van der Waals surface area (Å²) in [4.78, 5) is 20.8. The number of phenolic OH excluding ortho intramolecular Hbond substituents is 1. The molecule has 37 heavy (non-hydrogen) atoms. The monoisotopic (exact) mass is 489 g/mol. The number of benzene rings is 3. The predicted octanol–water partition coefficient (Wildman–Crippen LogP) is 5.84. The first-order valence-corrected chi connectivity index (χ1v) is 11.1. The highest BCUT2D eigenvalue weighted by Gasteiger charge is 2.20. The van der Waals surface area contributed by atoms with Crippen molar-refractivity contribution in [3.8, 4) is 11.6 Å². The number of aliphatic hydroxyl groups is 1. The Morgan fingerprint density at radius 2 is 1.86 bits per heavy atom. The SMILES string of the molecule is [C-]#[N+]c1cnn(-c2ccccn2)c1/N=N/c1c(O)c(C(=O)Nc2ccccc2)cc2cc(CO)ccc12. The Morgan fingerprint density at radius 3 is 2.59 bits per heavy atom.